The zero-order chi connectivity index (χ0) is 18.9. The monoisotopic (exact) mass is 373 g/mol. The molecule has 0 bridgehead atoms. The molecule has 8 nitrogen and oxygen atoms in total. The lowest BCUT2D eigenvalue weighted by Gasteiger charge is -2.22. The van der Waals surface area contributed by atoms with Crippen molar-refractivity contribution in [1.82, 2.24) is 0 Å². The van der Waals surface area contributed by atoms with Crippen LogP contribution in [0.15, 0.2) is 24.3 Å². The third-order valence-corrected chi connectivity index (χ3v) is 5.67. The molecule has 1 atom stereocenters. The van der Waals surface area contributed by atoms with Crippen molar-refractivity contribution in [3.05, 3.63) is 39.9 Å². The lowest BCUT2D eigenvalue weighted by atomic mass is 10.1. The number of unbranched alkanes of at least 4 members (excludes halogenated alkanes) is 2. The fourth-order valence-corrected chi connectivity index (χ4v) is 3.42. The molecule has 9 heteroatoms. The van der Waals surface area contributed by atoms with Crippen LogP contribution in [0.4, 0.5) is 5.69 Å². The second-order valence-corrected chi connectivity index (χ2v) is 7.80. The van der Waals surface area contributed by atoms with Crippen LogP contribution in [-0.4, -0.2) is 37.4 Å². The summed E-state index contributed by atoms with van der Waals surface area (Å²) in [6.45, 7) is 2.05. The zero-order valence-electron chi connectivity index (χ0n) is 14.7. The summed E-state index contributed by atoms with van der Waals surface area (Å²) in [5, 5.41) is 10.7. The van der Waals surface area contributed by atoms with E-state index in [0.717, 1.165) is 19.3 Å². The van der Waals surface area contributed by atoms with E-state index >= 15 is 0 Å². The van der Waals surface area contributed by atoms with E-state index in [0.29, 0.717) is 6.42 Å². The van der Waals surface area contributed by atoms with Gasteiger partial charge in [-0.25, -0.2) is 4.79 Å². The molecule has 0 unspecified atom stereocenters. The molecule has 140 valence electrons. The van der Waals surface area contributed by atoms with E-state index < -0.39 is 24.6 Å². The highest BCUT2D eigenvalue weighted by Crippen LogP contribution is 2.47. The van der Waals surface area contributed by atoms with Crippen LogP contribution in [0.25, 0.3) is 0 Å². The first-order chi connectivity index (χ1) is 11.8. The molecule has 0 aliphatic rings. The average molecular weight is 373 g/mol. The van der Waals surface area contributed by atoms with Crippen molar-refractivity contribution < 1.29 is 28.1 Å². The lowest BCUT2D eigenvalue weighted by molar-refractivity contribution is -0.384. The number of hydrogen-bond acceptors (Lipinski definition) is 7. The minimum absolute atomic E-state index is 0.0393. The number of carbonyl (C=O) groups excluding carboxylic acids is 1. The van der Waals surface area contributed by atoms with E-state index in [1.807, 2.05) is 6.92 Å². The van der Waals surface area contributed by atoms with Crippen molar-refractivity contribution in [3.8, 4) is 0 Å². The minimum atomic E-state index is -3.32. The molecule has 0 fully saturated rings. The summed E-state index contributed by atoms with van der Waals surface area (Å²) in [7, 11) is -0.755. The Kier molecular flexibility index (Phi) is 8.75. The number of benzene rings is 1. The van der Waals surface area contributed by atoms with Gasteiger partial charge < -0.3 is 13.8 Å². The molecule has 0 aromatic heterocycles. The first kappa shape index (κ1) is 21.3. The summed E-state index contributed by atoms with van der Waals surface area (Å²) < 4.78 is 27.6. The second kappa shape index (κ2) is 10.3. The highest BCUT2D eigenvalue weighted by atomic mass is 31.2. The molecule has 1 aromatic carbocycles. The van der Waals surface area contributed by atoms with E-state index in [9.17, 15) is 19.5 Å². The number of nitro groups is 1. The predicted octanol–water partition coefficient (Wildman–Crippen LogP) is 4.19. The molecular formula is C16H24NO7P. The summed E-state index contributed by atoms with van der Waals surface area (Å²) >= 11 is 0. The van der Waals surface area contributed by atoms with E-state index in [1.54, 1.807) is 0 Å². The molecule has 0 spiro atoms. The third kappa shape index (κ3) is 6.94. The first-order valence-electron chi connectivity index (χ1n) is 8.01. The summed E-state index contributed by atoms with van der Waals surface area (Å²) in [5.41, 5.74) is 0.0788. The standard InChI is InChI=1S/C16H24NO7P/c1-4-5-6-7-15(12-25(21,22-2)23-3)24-16(18)13-8-10-14(11-9-13)17(19)20/h8-11,15H,4-7,12H2,1-3H3/t15-/m0/s1. The van der Waals surface area contributed by atoms with Gasteiger partial charge in [0.1, 0.15) is 6.10 Å². The van der Waals surface area contributed by atoms with E-state index in [1.165, 1.54) is 38.5 Å². The summed E-state index contributed by atoms with van der Waals surface area (Å²) in [4.78, 5) is 22.4. The Labute approximate surface area is 147 Å². The Morgan fingerprint density at radius 3 is 2.28 bits per heavy atom. The van der Waals surface area contributed by atoms with Crippen molar-refractivity contribution in [2.45, 2.75) is 38.7 Å². The Hall–Kier alpha value is -1.76. The molecule has 1 rings (SSSR count). The van der Waals surface area contributed by atoms with Crippen LogP contribution >= 0.6 is 7.60 Å². The topological polar surface area (TPSA) is 105 Å². The second-order valence-electron chi connectivity index (χ2n) is 5.49. The number of esters is 1. The van der Waals surface area contributed by atoms with Crippen LogP contribution in [0.2, 0.25) is 0 Å². The predicted molar refractivity (Wildman–Crippen MR) is 92.9 cm³/mol. The quantitative estimate of drug-likeness (QED) is 0.188. The molecule has 0 saturated carbocycles. The molecule has 0 radical (unpaired) electrons. The number of nitro benzene ring substituents is 1. The highest BCUT2D eigenvalue weighted by molar-refractivity contribution is 7.53. The molecular weight excluding hydrogens is 349 g/mol. The number of carbonyl (C=O) groups is 1. The van der Waals surface area contributed by atoms with Gasteiger partial charge in [0.25, 0.3) is 5.69 Å². The molecule has 0 aliphatic heterocycles. The SMILES string of the molecule is CCCCC[C@@H](CP(=O)(OC)OC)OC(=O)c1ccc([N+](=O)[O-])cc1. The minimum Gasteiger partial charge on any atom is -0.458 e. The van der Waals surface area contributed by atoms with Gasteiger partial charge >= 0.3 is 13.6 Å². The van der Waals surface area contributed by atoms with E-state index in [2.05, 4.69) is 0 Å². The van der Waals surface area contributed by atoms with Gasteiger partial charge in [-0.2, -0.15) is 0 Å². The average Bonchev–Trinajstić information content (AvgIpc) is 2.61. The maximum atomic E-state index is 12.3. The summed E-state index contributed by atoms with van der Waals surface area (Å²) in [6, 6.07) is 5.13. The number of hydrogen-bond donors (Lipinski definition) is 0. The Bertz CT molecular complexity index is 609. The summed E-state index contributed by atoms with van der Waals surface area (Å²) in [6.07, 6.45) is 2.62. The number of nitrogens with zero attached hydrogens (tertiary/aromatic N) is 1. The van der Waals surface area contributed by atoms with Gasteiger partial charge in [-0.05, 0) is 25.0 Å². The Balaban J connectivity index is 2.82. The first-order valence-corrected chi connectivity index (χ1v) is 9.74. The van der Waals surface area contributed by atoms with Crippen molar-refractivity contribution in [3.63, 3.8) is 0 Å². The zero-order valence-corrected chi connectivity index (χ0v) is 15.6. The normalized spacial score (nSPS) is 12.6. The molecule has 0 amide bonds. The molecule has 1 aromatic rings. The number of non-ortho nitro benzene ring substituents is 1. The maximum Gasteiger partial charge on any atom is 0.338 e. The van der Waals surface area contributed by atoms with Gasteiger partial charge in [0.2, 0.25) is 0 Å². The molecule has 25 heavy (non-hydrogen) atoms. The fourth-order valence-electron chi connectivity index (χ4n) is 2.22. The maximum absolute atomic E-state index is 12.3. The van der Waals surface area contributed by atoms with Crippen LogP contribution < -0.4 is 0 Å². The summed E-state index contributed by atoms with van der Waals surface area (Å²) in [5.74, 6) is -0.629. The van der Waals surface area contributed by atoms with Gasteiger partial charge in [0.05, 0.1) is 16.6 Å². The van der Waals surface area contributed by atoms with Gasteiger partial charge in [0.15, 0.2) is 0 Å². The fraction of sp³-hybridized carbons (Fsp3) is 0.562. The number of rotatable bonds is 11. The van der Waals surface area contributed by atoms with Gasteiger partial charge in [-0.1, -0.05) is 19.8 Å². The van der Waals surface area contributed by atoms with Gasteiger partial charge in [-0.15, -0.1) is 0 Å². The molecule has 0 aliphatic carbocycles. The molecule has 0 saturated heterocycles. The highest BCUT2D eigenvalue weighted by Gasteiger charge is 2.29. The van der Waals surface area contributed by atoms with Crippen LogP contribution in [0.3, 0.4) is 0 Å². The molecule has 0 N–H and O–H groups in total. The lowest BCUT2D eigenvalue weighted by Crippen LogP contribution is -2.23. The Morgan fingerprint density at radius 2 is 1.80 bits per heavy atom. The number of ether oxygens (including phenoxy) is 1. The van der Waals surface area contributed by atoms with Gasteiger partial charge in [-0.3, -0.25) is 14.7 Å². The molecule has 0 heterocycles. The van der Waals surface area contributed by atoms with Crippen molar-refractivity contribution >= 4 is 19.3 Å². The largest absolute Gasteiger partial charge is 0.458 e. The van der Waals surface area contributed by atoms with Crippen LogP contribution in [0.1, 0.15) is 43.0 Å². The van der Waals surface area contributed by atoms with Crippen LogP contribution in [0.5, 0.6) is 0 Å². The van der Waals surface area contributed by atoms with Crippen molar-refractivity contribution in [1.29, 1.82) is 0 Å². The smallest absolute Gasteiger partial charge is 0.338 e. The van der Waals surface area contributed by atoms with Gasteiger partial charge in [0, 0.05) is 26.4 Å². The van der Waals surface area contributed by atoms with E-state index in [4.69, 9.17) is 13.8 Å². The van der Waals surface area contributed by atoms with Crippen molar-refractivity contribution in [2.24, 2.45) is 0 Å². The van der Waals surface area contributed by atoms with E-state index in [-0.39, 0.29) is 17.4 Å². The van der Waals surface area contributed by atoms with Crippen LogP contribution in [-0.2, 0) is 18.3 Å². The van der Waals surface area contributed by atoms with Crippen LogP contribution in [0, 0.1) is 10.1 Å². The van der Waals surface area contributed by atoms with Crippen molar-refractivity contribution in [2.75, 3.05) is 20.4 Å². The third-order valence-electron chi connectivity index (χ3n) is 3.70. The Morgan fingerprint density at radius 1 is 1.20 bits per heavy atom.